The summed E-state index contributed by atoms with van der Waals surface area (Å²) >= 11 is 5.61. The number of sulfonamides is 1. The van der Waals surface area contributed by atoms with Crippen molar-refractivity contribution in [3.63, 3.8) is 0 Å². The van der Waals surface area contributed by atoms with Crippen LogP contribution in [0.4, 0.5) is 4.39 Å². The molecule has 1 N–H and O–H groups in total. The molecular weight excluding hydrogens is 335 g/mol. The molecule has 0 aliphatic rings. The number of amides is 1. The second-order valence-corrected chi connectivity index (χ2v) is 6.16. The number of carbonyl (C=O) groups is 1. The predicted octanol–water partition coefficient (Wildman–Crippen LogP) is 2.00. The maximum Gasteiger partial charge on any atom is 0.281 e. The average Bonchev–Trinajstić information content (AvgIpc) is 2.46. The Bertz CT molecular complexity index is 809. The smallest absolute Gasteiger partial charge is 0.281 e. The first-order chi connectivity index (χ1) is 10.3. The largest absolute Gasteiger partial charge is 0.497 e. The predicted molar refractivity (Wildman–Crippen MR) is 76.9 cm³/mol. The Morgan fingerprint density at radius 3 is 2.59 bits per heavy atom. The fourth-order valence-corrected chi connectivity index (χ4v) is 2.57. The Kier molecular flexibility index (Phi) is 4.62. The molecule has 116 valence electrons. The second kappa shape index (κ2) is 6.29. The van der Waals surface area contributed by atoms with E-state index in [0.29, 0.717) is 0 Å². The quantitative estimate of drug-likeness (QED) is 0.917. The Morgan fingerprint density at radius 1 is 1.32 bits per heavy atom. The van der Waals surface area contributed by atoms with Crippen LogP contribution < -0.4 is 9.46 Å². The first-order valence-electron chi connectivity index (χ1n) is 5.86. The molecule has 0 saturated carbocycles. The molecule has 0 spiro atoms. The highest BCUT2D eigenvalue weighted by Crippen LogP contribution is 2.17. The number of nitrogens with zero attached hydrogens (tertiary/aromatic N) is 1. The number of hydrogen-bond acceptors (Lipinski definition) is 5. The van der Waals surface area contributed by atoms with Gasteiger partial charge in [0, 0.05) is 12.3 Å². The summed E-state index contributed by atoms with van der Waals surface area (Å²) < 4.78 is 44.2. The Labute approximate surface area is 130 Å². The topological polar surface area (TPSA) is 85.4 Å². The number of rotatable bonds is 4. The molecule has 1 amide bonds. The van der Waals surface area contributed by atoms with Crippen LogP contribution in [-0.4, -0.2) is 26.4 Å². The number of benzene rings is 1. The molecule has 9 heteroatoms. The molecule has 0 bridgehead atoms. The minimum atomic E-state index is -4.22. The Morgan fingerprint density at radius 2 is 2.05 bits per heavy atom. The minimum Gasteiger partial charge on any atom is -0.497 e. The van der Waals surface area contributed by atoms with Crippen molar-refractivity contribution in [3.8, 4) is 5.75 Å². The number of carbonyl (C=O) groups excluding carboxylic acids is 1. The normalized spacial score (nSPS) is 11.0. The van der Waals surface area contributed by atoms with E-state index in [4.69, 9.17) is 16.3 Å². The number of nitrogens with one attached hydrogen (secondary N) is 1. The standard InChI is InChI=1S/C13H10ClFN2O4S/c1-21-9-3-4-10(11(15)6-9)13(18)17-22(19,20)12-5-2-8(14)7-16-12/h2-7H,1H3,(H,17,18). The lowest BCUT2D eigenvalue weighted by Gasteiger charge is -2.08. The van der Waals surface area contributed by atoms with Crippen molar-refractivity contribution in [2.75, 3.05) is 7.11 Å². The molecule has 2 aromatic rings. The van der Waals surface area contributed by atoms with Crippen molar-refractivity contribution in [2.45, 2.75) is 5.03 Å². The van der Waals surface area contributed by atoms with Gasteiger partial charge in [0.05, 0.1) is 17.7 Å². The Balaban J connectivity index is 2.26. The zero-order valence-electron chi connectivity index (χ0n) is 11.2. The van der Waals surface area contributed by atoms with Crippen molar-refractivity contribution in [3.05, 3.63) is 52.9 Å². The number of methoxy groups -OCH3 is 1. The molecule has 0 unspecified atom stereocenters. The van der Waals surface area contributed by atoms with E-state index in [9.17, 15) is 17.6 Å². The van der Waals surface area contributed by atoms with Gasteiger partial charge in [0.25, 0.3) is 15.9 Å². The van der Waals surface area contributed by atoms with Crippen LogP contribution >= 0.6 is 11.6 Å². The SMILES string of the molecule is COc1ccc(C(=O)NS(=O)(=O)c2ccc(Cl)cn2)c(F)c1. The number of aromatic nitrogens is 1. The van der Waals surface area contributed by atoms with Crippen LogP contribution in [0.1, 0.15) is 10.4 Å². The zero-order chi connectivity index (χ0) is 16.3. The third-order valence-corrected chi connectivity index (χ3v) is 4.09. The summed E-state index contributed by atoms with van der Waals surface area (Å²) in [5.41, 5.74) is -0.432. The van der Waals surface area contributed by atoms with Gasteiger partial charge in [0.1, 0.15) is 11.6 Å². The highest BCUT2D eigenvalue weighted by molar-refractivity contribution is 7.90. The molecule has 1 aromatic heterocycles. The van der Waals surface area contributed by atoms with Gasteiger partial charge in [-0.25, -0.2) is 14.1 Å². The summed E-state index contributed by atoms with van der Waals surface area (Å²) in [6, 6.07) is 5.87. The van der Waals surface area contributed by atoms with Gasteiger partial charge in [-0.3, -0.25) is 4.79 Å². The maximum absolute atomic E-state index is 13.7. The molecule has 22 heavy (non-hydrogen) atoms. The summed E-state index contributed by atoms with van der Waals surface area (Å²) in [5.74, 6) is -1.82. The van der Waals surface area contributed by atoms with E-state index in [1.54, 1.807) is 4.72 Å². The molecule has 0 fully saturated rings. The molecular formula is C13H10ClFN2O4S. The van der Waals surface area contributed by atoms with E-state index in [1.165, 1.54) is 19.2 Å². The maximum atomic E-state index is 13.7. The fraction of sp³-hybridized carbons (Fsp3) is 0.0769. The monoisotopic (exact) mass is 344 g/mol. The lowest BCUT2D eigenvalue weighted by Crippen LogP contribution is -2.31. The first kappa shape index (κ1) is 16.2. The van der Waals surface area contributed by atoms with Gasteiger partial charge in [-0.05, 0) is 24.3 Å². The third-order valence-electron chi connectivity index (χ3n) is 2.62. The molecule has 0 aliphatic heterocycles. The van der Waals surface area contributed by atoms with Gasteiger partial charge >= 0.3 is 0 Å². The van der Waals surface area contributed by atoms with E-state index < -0.39 is 32.3 Å². The van der Waals surface area contributed by atoms with Crippen molar-refractivity contribution in [2.24, 2.45) is 0 Å². The summed E-state index contributed by atoms with van der Waals surface area (Å²) in [6.45, 7) is 0. The number of hydrogen-bond donors (Lipinski definition) is 1. The lowest BCUT2D eigenvalue weighted by molar-refractivity contribution is 0.0977. The van der Waals surface area contributed by atoms with Crippen LogP contribution in [-0.2, 0) is 10.0 Å². The van der Waals surface area contributed by atoms with E-state index in [0.717, 1.165) is 24.4 Å². The van der Waals surface area contributed by atoms with Gasteiger partial charge in [-0.1, -0.05) is 11.6 Å². The zero-order valence-corrected chi connectivity index (χ0v) is 12.8. The van der Waals surface area contributed by atoms with E-state index in [-0.39, 0.29) is 10.8 Å². The summed E-state index contributed by atoms with van der Waals surface area (Å²) in [6.07, 6.45) is 1.12. The number of pyridine rings is 1. The minimum absolute atomic E-state index is 0.205. The van der Waals surface area contributed by atoms with Gasteiger partial charge in [0.15, 0.2) is 5.03 Å². The molecule has 2 rings (SSSR count). The molecule has 1 heterocycles. The first-order valence-corrected chi connectivity index (χ1v) is 7.72. The fourth-order valence-electron chi connectivity index (χ4n) is 1.56. The molecule has 0 aliphatic carbocycles. The van der Waals surface area contributed by atoms with Crippen LogP contribution in [0.2, 0.25) is 5.02 Å². The highest BCUT2D eigenvalue weighted by Gasteiger charge is 2.22. The molecule has 0 atom stereocenters. The molecule has 0 radical (unpaired) electrons. The summed E-state index contributed by atoms with van der Waals surface area (Å²) in [5, 5.41) is -0.161. The van der Waals surface area contributed by atoms with Crippen molar-refractivity contribution >= 4 is 27.5 Å². The second-order valence-electron chi connectivity index (χ2n) is 4.10. The van der Waals surface area contributed by atoms with Gasteiger partial charge < -0.3 is 4.74 Å². The van der Waals surface area contributed by atoms with Crippen LogP contribution in [0.25, 0.3) is 0 Å². The number of halogens is 2. The summed E-state index contributed by atoms with van der Waals surface area (Å²) in [4.78, 5) is 15.5. The van der Waals surface area contributed by atoms with Gasteiger partial charge in [-0.15, -0.1) is 0 Å². The van der Waals surface area contributed by atoms with Crippen LogP contribution in [0.5, 0.6) is 5.75 Å². The third kappa shape index (κ3) is 3.52. The van der Waals surface area contributed by atoms with Crippen molar-refractivity contribution in [1.82, 2.24) is 9.71 Å². The van der Waals surface area contributed by atoms with Crippen molar-refractivity contribution in [1.29, 1.82) is 0 Å². The summed E-state index contributed by atoms with van der Waals surface area (Å²) in [7, 11) is -2.89. The Hall–Kier alpha value is -2.19. The van der Waals surface area contributed by atoms with E-state index in [2.05, 4.69) is 4.98 Å². The number of ether oxygens (including phenoxy) is 1. The van der Waals surface area contributed by atoms with Gasteiger partial charge in [0.2, 0.25) is 0 Å². The highest BCUT2D eigenvalue weighted by atomic mass is 35.5. The van der Waals surface area contributed by atoms with E-state index >= 15 is 0 Å². The van der Waals surface area contributed by atoms with Crippen LogP contribution in [0, 0.1) is 5.82 Å². The molecule has 6 nitrogen and oxygen atoms in total. The van der Waals surface area contributed by atoms with Crippen LogP contribution in [0.15, 0.2) is 41.6 Å². The molecule has 0 saturated heterocycles. The van der Waals surface area contributed by atoms with Gasteiger partial charge in [-0.2, -0.15) is 8.42 Å². The van der Waals surface area contributed by atoms with Crippen LogP contribution in [0.3, 0.4) is 0 Å². The average molecular weight is 345 g/mol. The van der Waals surface area contributed by atoms with Crippen molar-refractivity contribution < 1.29 is 22.3 Å². The molecule has 1 aromatic carbocycles. The lowest BCUT2D eigenvalue weighted by atomic mass is 10.2. The van der Waals surface area contributed by atoms with E-state index in [1.807, 2.05) is 0 Å².